The Labute approximate surface area is 170 Å². The van der Waals surface area contributed by atoms with Crippen LogP contribution in [0.5, 0.6) is 0 Å². The van der Waals surface area contributed by atoms with Crippen LogP contribution in [0.4, 0.5) is 5.69 Å². The molecule has 0 atom stereocenters. The van der Waals surface area contributed by atoms with Crippen molar-refractivity contribution in [3.8, 4) is 17.1 Å². The average molecular weight is 407 g/mol. The molecule has 0 spiro atoms. The molecule has 0 radical (unpaired) electrons. The van der Waals surface area contributed by atoms with Crippen LogP contribution < -0.4 is 0 Å². The number of aryl methyl sites for hydroxylation is 2. The third kappa shape index (κ3) is 3.83. The van der Waals surface area contributed by atoms with Crippen molar-refractivity contribution in [1.82, 2.24) is 30.0 Å². The van der Waals surface area contributed by atoms with Gasteiger partial charge in [-0.25, -0.2) is 4.68 Å². The maximum atomic E-state index is 10.8. The highest BCUT2D eigenvalue weighted by Gasteiger charge is 2.13. The number of benzene rings is 2. The van der Waals surface area contributed by atoms with E-state index in [1.165, 1.54) is 16.9 Å². The van der Waals surface area contributed by atoms with Gasteiger partial charge in [-0.1, -0.05) is 30.4 Å². The summed E-state index contributed by atoms with van der Waals surface area (Å²) in [6, 6.07) is 12.4. The maximum absolute atomic E-state index is 10.8. The van der Waals surface area contributed by atoms with Gasteiger partial charge in [0.1, 0.15) is 4.64 Å². The zero-order valence-corrected chi connectivity index (χ0v) is 16.6. The lowest BCUT2D eigenvalue weighted by atomic mass is 10.1. The molecule has 2 heterocycles. The van der Waals surface area contributed by atoms with Crippen LogP contribution in [0.15, 0.2) is 48.7 Å². The summed E-state index contributed by atoms with van der Waals surface area (Å²) in [5.74, 6) is 0.413. The van der Waals surface area contributed by atoms with Crippen molar-refractivity contribution in [2.24, 2.45) is 0 Å². The van der Waals surface area contributed by atoms with Gasteiger partial charge in [-0.3, -0.25) is 15.2 Å². The molecule has 1 N–H and O–H groups in total. The first kappa shape index (κ1) is 18.7. The second-order valence-electron chi connectivity index (χ2n) is 6.74. The lowest BCUT2D eigenvalue weighted by Crippen LogP contribution is -2.04. The molecule has 0 aliphatic carbocycles. The van der Waals surface area contributed by atoms with Crippen LogP contribution in [0.2, 0.25) is 0 Å². The maximum Gasteiger partial charge on any atom is 0.269 e. The van der Waals surface area contributed by atoms with Crippen LogP contribution in [-0.2, 0) is 6.54 Å². The minimum atomic E-state index is -0.433. The van der Waals surface area contributed by atoms with Gasteiger partial charge in [-0.15, -0.1) is 10.2 Å². The molecule has 10 heteroatoms. The molecule has 146 valence electrons. The van der Waals surface area contributed by atoms with Crippen LogP contribution in [-0.4, -0.2) is 34.9 Å². The van der Waals surface area contributed by atoms with E-state index in [0.717, 1.165) is 22.4 Å². The Hall–Kier alpha value is -3.66. The molecule has 2 aromatic carbocycles. The second kappa shape index (κ2) is 7.40. The standard InChI is InChI=1S/C19H17N7O2S/c1-12-7-13(2)9-16(8-12)25-19(29)17(10-20-25)18-21-23-24(22-18)11-14-3-5-15(6-4-14)26(27)28/h3-10,20H,11H2,1-2H3. The largest absolute Gasteiger partial charge is 0.299 e. The molecule has 2 aromatic heterocycles. The van der Waals surface area contributed by atoms with Crippen molar-refractivity contribution >= 4 is 17.9 Å². The molecular formula is C19H17N7O2S. The van der Waals surface area contributed by atoms with Crippen LogP contribution in [0.25, 0.3) is 17.1 Å². The summed E-state index contributed by atoms with van der Waals surface area (Å²) < 4.78 is 2.37. The van der Waals surface area contributed by atoms with E-state index in [0.29, 0.717) is 22.6 Å². The molecule has 0 fully saturated rings. The van der Waals surface area contributed by atoms with Gasteiger partial charge in [0, 0.05) is 18.3 Å². The molecule has 29 heavy (non-hydrogen) atoms. The van der Waals surface area contributed by atoms with E-state index < -0.39 is 4.92 Å². The predicted octanol–water partition coefficient (Wildman–Crippen LogP) is 3.76. The molecule has 0 saturated heterocycles. The lowest BCUT2D eigenvalue weighted by Gasteiger charge is -2.05. The molecule has 0 amide bonds. The van der Waals surface area contributed by atoms with E-state index in [2.05, 4.69) is 26.6 Å². The SMILES string of the molecule is Cc1cc(C)cc(-n2[nH]cc(-c3nnn(Cc4ccc([N+](=O)[O-])cc4)n3)c2=S)c1. The van der Waals surface area contributed by atoms with E-state index in [1.807, 2.05) is 30.7 Å². The van der Waals surface area contributed by atoms with E-state index in [9.17, 15) is 10.1 Å². The molecule has 0 aliphatic rings. The Balaban J connectivity index is 1.59. The average Bonchev–Trinajstić information content (AvgIpc) is 3.27. The van der Waals surface area contributed by atoms with Crippen molar-refractivity contribution in [3.63, 3.8) is 0 Å². The summed E-state index contributed by atoms with van der Waals surface area (Å²) >= 11 is 5.60. The summed E-state index contributed by atoms with van der Waals surface area (Å²) in [4.78, 5) is 11.8. The minimum Gasteiger partial charge on any atom is -0.299 e. The monoisotopic (exact) mass is 407 g/mol. The van der Waals surface area contributed by atoms with Gasteiger partial charge in [0.05, 0.1) is 22.7 Å². The van der Waals surface area contributed by atoms with E-state index in [4.69, 9.17) is 12.2 Å². The number of hydrogen-bond acceptors (Lipinski definition) is 6. The fourth-order valence-corrected chi connectivity index (χ4v) is 3.41. The minimum absolute atomic E-state index is 0.0417. The van der Waals surface area contributed by atoms with Gasteiger partial charge in [0.2, 0.25) is 5.82 Å². The Morgan fingerprint density at radius 3 is 2.48 bits per heavy atom. The van der Waals surface area contributed by atoms with E-state index in [-0.39, 0.29) is 5.69 Å². The Morgan fingerprint density at radius 2 is 1.83 bits per heavy atom. The third-order valence-electron chi connectivity index (χ3n) is 4.40. The topological polar surface area (TPSA) is 107 Å². The summed E-state index contributed by atoms with van der Waals surface area (Å²) in [6.45, 7) is 4.42. The molecule has 0 aliphatic heterocycles. The molecule has 0 saturated carbocycles. The summed E-state index contributed by atoms with van der Waals surface area (Å²) in [6.07, 6.45) is 1.76. The van der Waals surface area contributed by atoms with Gasteiger partial charge in [0.25, 0.3) is 5.69 Å². The van der Waals surface area contributed by atoms with Crippen molar-refractivity contribution in [2.45, 2.75) is 20.4 Å². The Bertz CT molecular complexity index is 1230. The van der Waals surface area contributed by atoms with E-state index >= 15 is 0 Å². The summed E-state index contributed by atoms with van der Waals surface area (Å²) in [5.41, 5.74) is 4.78. The van der Waals surface area contributed by atoms with Crippen LogP contribution in [0.3, 0.4) is 0 Å². The number of nitro benzene ring substituents is 1. The predicted molar refractivity (Wildman–Crippen MR) is 109 cm³/mol. The van der Waals surface area contributed by atoms with Crippen molar-refractivity contribution in [3.05, 3.63) is 80.1 Å². The third-order valence-corrected chi connectivity index (χ3v) is 4.80. The smallest absolute Gasteiger partial charge is 0.269 e. The Morgan fingerprint density at radius 1 is 1.14 bits per heavy atom. The Kier molecular flexibility index (Phi) is 4.77. The number of H-pyrrole nitrogens is 1. The zero-order valence-electron chi connectivity index (χ0n) is 15.7. The first-order valence-electron chi connectivity index (χ1n) is 8.81. The molecule has 9 nitrogen and oxygen atoms in total. The quantitative estimate of drug-likeness (QED) is 0.307. The van der Waals surface area contributed by atoms with Crippen molar-refractivity contribution < 1.29 is 4.92 Å². The fraction of sp³-hybridized carbons (Fsp3) is 0.158. The van der Waals surface area contributed by atoms with Crippen LogP contribution in [0, 0.1) is 28.6 Å². The molecule has 4 rings (SSSR count). The van der Waals surface area contributed by atoms with Gasteiger partial charge in [-0.05, 0) is 47.9 Å². The first-order chi connectivity index (χ1) is 13.9. The normalized spacial score (nSPS) is 11.0. The highest BCUT2D eigenvalue weighted by Crippen LogP contribution is 2.20. The molecular weight excluding hydrogens is 390 g/mol. The number of tetrazole rings is 1. The summed E-state index contributed by atoms with van der Waals surface area (Å²) in [5, 5.41) is 26.5. The molecule has 4 aromatic rings. The highest BCUT2D eigenvalue weighted by atomic mass is 32.1. The number of nitro groups is 1. The highest BCUT2D eigenvalue weighted by molar-refractivity contribution is 7.71. The number of non-ortho nitro benzene ring substituents is 1. The van der Waals surface area contributed by atoms with Crippen LogP contribution in [0.1, 0.15) is 16.7 Å². The summed E-state index contributed by atoms with van der Waals surface area (Å²) in [7, 11) is 0. The van der Waals surface area contributed by atoms with Crippen molar-refractivity contribution in [2.75, 3.05) is 0 Å². The molecule has 0 unspecified atom stereocenters. The van der Waals surface area contributed by atoms with Gasteiger partial charge in [-0.2, -0.15) is 4.80 Å². The van der Waals surface area contributed by atoms with Crippen LogP contribution >= 0.6 is 12.2 Å². The fourth-order valence-electron chi connectivity index (χ4n) is 3.11. The number of hydrogen-bond donors (Lipinski definition) is 1. The first-order valence-corrected chi connectivity index (χ1v) is 9.22. The lowest BCUT2D eigenvalue weighted by molar-refractivity contribution is -0.384. The number of aromatic amines is 1. The van der Waals surface area contributed by atoms with E-state index in [1.54, 1.807) is 18.3 Å². The second-order valence-corrected chi connectivity index (χ2v) is 7.13. The van der Waals surface area contributed by atoms with Gasteiger partial charge in [0.15, 0.2) is 0 Å². The van der Waals surface area contributed by atoms with Gasteiger partial charge >= 0.3 is 0 Å². The number of nitrogens with zero attached hydrogens (tertiary/aromatic N) is 6. The van der Waals surface area contributed by atoms with Crippen molar-refractivity contribution in [1.29, 1.82) is 0 Å². The van der Waals surface area contributed by atoms with Gasteiger partial charge < -0.3 is 0 Å². The molecule has 0 bridgehead atoms. The number of aromatic nitrogens is 6. The number of rotatable bonds is 5. The zero-order chi connectivity index (χ0) is 20.5. The number of nitrogens with one attached hydrogen (secondary N) is 1.